The summed E-state index contributed by atoms with van der Waals surface area (Å²) in [6.45, 7) is 2.61. The molecule has 0 saturated carbocycles. The zero-order chi connectivity index (χ0) is 12.1. The predicted octanol–water partition coefficient (Wildman–Crippen LogP) is 3.40. The van der Waals surface area contributed by atoms with Crippen LogP contribution in [0.25, 0.3) is 0 Å². The fraction of sp³-hybridized carbons (Fsp3) is 0.571. The summed E-state index contributed by atoms with van der Waals surface area (Å²) >= 11 is 1.89. The van der Waals surface area contributed by atoms with Gasteiger partial charge in [-0.1, -0.05) is 24.6 Å². The summed E-state index contributed by atoms with van der Waals surface area (Å²) < 4.78 is 5.58. The summed E-state index contributed by atoms with van der Waals surface area (Å²) in [5.41, 5.74) is 0.939. The second-order valence-electron chi connectivity index (χ2n) is 4.32. The number of thioether (sulfide) groups is 1. The molecule has 0 spiro atoms. The topological polar surface area (TPSA) is 29.5 Å². The van der Waals surface area contributed by atoms with E-state index in [1.165, 1.54) is 18.6 Å². The first-order valence-corrected chi connectivity index (χ1v) is 7.39. The lowest BCUT2D eigenvalue weighted by Crippen LogP contribution is -2.19. The van der Waals surface area contributed by atoms with E-state index in [0.717, 1.165) is 17.7 Å². The van der Waals surface area contributed by atoms with Gasteiger partial charge in [0.1, 0.15) is 5.75 Å². The molecule has 2 unspecified atom stereocenters. The van der Waals surface area contributed by atoms with Crippen LogP contribution in [-0.2, 0) is 0 Å². The number of para-hydroxylation sites is 1. The van der Waals surface area contributed by atoms with Crippen LogP contribution in [0.15, 0.2) is 24.3 Å². The molecule has 1 saturated heterocycles. The summed E-state index contributed by atoms with van der Waals surface area (Å²) in [4.78, 5) is 0. The van der Waals surface area contributed by atoms with Crippen molar-refractivity contribution in [2.45, 2.75) is 37.5 Å². The maximum atomic E-state index is 10.5. The van der Waals surface area contributed by atoms with Crippen molar-refractivity contribution in [3.63, 3.8) is 0 Å². The molecule has 1 aromatic carbocycles. The van der Waals surface area contributed by atoms with Gasteiger partial charge in [-0.3, -0.25) is 0 Å². The summed E-state index contributed by atoms with van der Waals surface area (Å²) in [5, 5.41) is 10.8. The van der Waals surface area contributed by atoms with Gasteiger partial charge in [0.15, 0.2) is 0 Å². The third-order valence-electron chi connectivity index (χ3n) is 3.10. The number of hydrogen-bond donors (Lipinski definition) is 1. The first-order chi connectivity index (χ1) is 8.33. The van der Waals surface area contributed by atoms with Crippen LogP contribution >= 0.6 is 11.8 Å². The van der Waals surface area contributed by atoms with Gasteiger partial charge in [-0.2, -0.15) is 11.8 Å². The molecular weight excluding hydrogens is 232 g/mol. The molecule has 1 aliphatic heterocycles. The third-order valence-corrected chi connectivity index (χ3v) is 4.55. The Morgan fingerprint density at radius 1 is 1.41 bits per heavy atom. The minimum atomic E-state index is -0.400. The quantitative estimate of drug-likeness (QED) is 0.890. The number of aliphatic hydroxyl groups excluding tert-OH is 1. The molecule has 3 heteroatoms. The maximum Gasteiger partial charge on any atom is 0.125 e. The highest BCUT2D eigenvalue weighted by atomic mass is 32.2. The van der Waals surface area contributed by atoms with Gasteiger partial charge in [0, 0.05) is 10.8 Å². The van der Waals surface area contributed by atoms with Crippen LogP contribution in [0.1, 0.15) is 37.9 Å². The van der Waals surface area contributed by atoms with Crippen molar-refractivity contribution in [2.75, 3.05) is 12.4 Å². The predicted molar refractivity (Wildman–Crippen MR) is 72.7 cm³/mol. The van der Waals surface area contributed by atoms with Crippen LogP contribution in [0.5, 0.6) is 5.75 Å². The lowest BCUT2D eigenvalue weighted by atomic mass is 10.0. The standard InChI is InChI=1S/C14H20O2S/c1-2-16-12-8-4-3-7-11(12)14(15)13-9-5-6-10-17-13/h3-4,7-8,13-15H,2,5-6,9-10H2,1H3. The van der Waals surface area contributed by atoms with E-state index in [9.17, 15) is 5.11 Å². The van der Waals surface area contributed by atoms with Gasteiger partial charge in [0.05, 0.1) is 12.7 Å². The van der Waals surface area contributed by atoms with Crippen molar-refractivity contribution in [2.24, 2.45) is 0 Å². The second-order valence-corrected chi connectivity index (χ2v) is 5.67. The van der Waals surface area contributed by atoms with Crippen molar-refractivity contribution in [1.29, 1.82) is 0 Å². The highest BCUT2D eigenvalue weighted by molar-refractivity contribution is 7.99. The number of rotatable bonds is 4. The molecule has 2 atom stereocenters. The Labute approximate surface area is 107 Å². The molecule has 1 heterocycles. The lowest BCUT2D eigenvalue weighted by Gasteiger charge is -2.27. The number of hydrogen-bond acceptors (Lipinski definition) is 3. The largest absolute Gasteiger partial charge is 0.493 e. The van der Waals surface area contributed by atoms with E-state index in [4.69, 9.17) is 4.74 Å². The SMILES string of the molecule is CCOc1ccccc1C(O)C1CCCCS1. The molecule has 0 aromatic heterocycles. The van der Waals surface area contributed by atoms with Crippen molar-refractivity contribution in [3.05, 3.63) is 29.8 Å². The van der Waals surface area contributed by atoms with Gasteiger partial charge in [0.2, 0.25) is 0 Å². The van der Waals surface area contributed by atoms with Gasteiger partial charge in [0.25, 0.3) is 0 Å². The maximum absolute atomic E-state index is 10.5. The zero-order valence-electron chi connectivity index (χ0n) is 10.3. The van der Waals surface area contributed by atoms with Gasteiger partial charge >= 0.3 is 0 Å². The van der Waals surface area contributed by atoms with Gasteiger partial charge in [-0.05, 0) is 31.6 Å². The molecule has 1 aliphatic rings. The minimum Gasteiger partial charge on any atom is -0.493 e. The van der Waals surface area contributed by atoms with E-state index in [-0.39, 0.29) is 0 Å². The fourth-order valence-corrected chi connectivity index (χ4v) is 3.56. The molecule has 1 N–H and O–H groups in total. The molecular formula is C14H20O2S. The monoisotopic (exact) mass is 252 g/mol. The Kier molecular flexibility index (Phi) is 4.75. The van der Waals surface area contributed by atoms with Crippen molar-refractivity contribution < 1.29 is 9.84 Å². The van der Waals surface area contributed by atoms with E-state index in [1.807, 2.05) is 43.0 Å². The third kappa shape index (κ3) is 3.17. The molecule has 2 rings (SSSR count). The summed E-state index contributed by atoms with van der Waals surface area (Å²) in [5.74, 6) is 1.99. The molecule has 17 heavy (non-hydrogen) atoms. The molecule has 0 bridgehead atoms. The molecule has 1 fully saturated rings. The lowest BCUT2D eigenvalue weighted by molar-refractivity contribution is 0.163. The van der Waals surface area contributed by atoms with Crippen LogP contribution in [-0.4, -0.2) is 22.7 Å². The van der Waals surface area contributed by atoms with E-state index in [0.29, 0.717) is 11.9 Å². The zero-order valence-corrected chi connectivity index (χ0v) is 11.1. The Hall–Kier alpha value is -0.670. The first-order valence-electron chi connectivity index (χ1n) is 6.34. The second kappa shape index (κ2) is 6.31. The highest BCUT2D eigenvalue weighted by Crippen LogP contribution is 2.37. The molecule has 0 radical (unpaired) electrons. The smallest absolute Gasteiger partial charge is 0.125 e. The van der Waals surface area contributed by atoms with Crippen molar-refractivity contribution >= 4 is 11.8 Å². The van der Waals surface area contributed by atoms with E-state index >= 15 is 0 Å². The average Bonchev–Trinajstić information content (AvgIpc) is 2.40. The van der Waals surface area contributed by atoms with Crippen LogP contribution in [0.4, 0.5) is 0 Å². The van der Waals surface area contributed by atoms with Crippen LogP contribution in [0, 0.1) is 0 Å². The van der Waals surface area contributed by atoms with Crippen LogP contribution in [0.3, 0.4) is 0 Å². The Morgan fingerprint density at radius 2 is 2.24 bits per heavy atom. The van der Waals surface area contributed by atoms with Crippen molar-refractivity contribution in [1.82, 2.24) is 0 Å². The first kappa shape index (κ1) is 12.8. The number of benzene rings is 1. The minimum absolute atomic E-state index is 0.324. The van der Waals surface area contributed by atoms with Crippen LogP contribution < -0.4 is 4.74 Å². The normalized spacial score (nSPS) is 22.1. The van der Waals surface area contributed by atoms with Gasteiger partial charge < -0.3 is 9.84 Å². The molecule has 1 aromatic rings. The Balaban J connectivity index is 2.14. The van der Waals surface area contributed by atoms with Gasteiger partial charge in [-0.15, -0.1) is 0 Å². The molecule has 2 nitrogen and oxygen atoms in total. The summed E-state index contributed by atoms with van der Waals surface area (Å²) in [6.07, 6.45) is 3.21. The Bertz CT molecular complexity index is 348. The molecule has 0 aliphatic carbocycles. The van der Waals surface area contributed by atoms with E-state index < -0.39 is 6.10 Å². The fourth-order valence-electron chi connectivity index (χ4n) is 2.23. The highest BCUT2D eigenvalue weighted by Gasteiger charge is 2.25. The molecule has 0 amide bonds. The number of ether oxygens (including phenoxy) is 1. The summed E-state index contributed by atoms with van der Waals surface area (Å²) in [6, 6.07) is 7.84. The van der Waals surface area contributed by atoms with Gasteiger partial charge in [-0.25, -0.2) is 0 Å². The van der Waals surface area contributed by atoms with E-state index in [1.54, 1.807) is 0 Å². The van der Waals surface area contributed by atoms with E-state index in [2.05, 4.69) is 0 Å². The Morgan fingerprint density at radius 3 is 2.94 bits per heavy atom. The molecule has 94 valence electrons. The number of aliphatic hydroxyl groups is 1. The van der Waals surface area contributed by atoms with Crippen LogP contribution in [0.2, 0.25) is 0 Å². The average molecular weight is 252 g/mol. The van der Waals surface area contributed by atoms with Crippen molar-refractivity contribution in [3.8, 4) is 5.75 Å². The summed E-state index contributed by atoms with van der Waals surface area (Å²) in [7, 11) is 0.